The van der Waals surface area contributed by atoms with Crippen LogP contribution in [0.2, 0.25) is 0 Å². The van der Waals surface area contributed by atoms with Gasteiger partial charge in [0.2, 0.25) is 0 Å². The fourth-order valence-corrected chi connectivity index (χ4v) is 4.72. The lowest BCUT2D eigenvalue weighted by Crippen LogP contribution is -2.39. The number of fused-ring (bicyclic) bond motifs is 1. The number of rotatable bonds is 2. The van der Waals surface area contributed by atoms with Crippen molar-refractivity contribution in [2.24, 2.45) is 7.05 Å². The predicted molar refractivity (Wildman–Crippen MR) is 93.6 cm³/mol. The highest BCUT2D eigenvalue weighted by Crippen LogP contribution is 2.33. The Kier molecular flexibility index (Phi) is 3.68. The Morgan fingerprint density at radius 1 is 1.38 bits per heavy atom. The SMILES string of the molecule is Cc1csc2c([C@H]3CCCN(C(=O)c4cnn(C)c4)C3)nc(C)n12. The second kappa shape index (κ2) is 5.73. The van der Waals surface area contributed by atoms with Gasteiger partial charge >= 0.3 is 0 Å². The molecule has 3 aromatic rings. The van der Waals surface area contributed by atoms with E-state index in [-0.39, 0.29) is 5.91 Å². The van der Waals surface area contributed by atoms with E-state index in [4.69, 9.17) is 4.98 Å². The molecule has 1 fully saturated rings. The van der Waals surface area contributed by atoms with Crippen molar-refractivity contribution in [3.05, 3.63) is 40.5 Å². The molecule has 0 bridgehead atoms. The smallest absolute Gasteiger partial charge is 0.257 e. The predicted octanol–water partition coefficient (Wildman–Crippen LogP) is 2.77. The zero-order valence-electron chi connectivity index (χ0n) is 14.2. The molecule has 1 atom stereocenters. The third-order valence-electron chi connectivity index (χ3n) is 4.77. The van der Waals surface area contributed by atoms with Crippen molar-refractivity contribution in [2.75, 3.05) is 13.1 Å². The van der Waals surface area contributed by atoms with Crippen molar-refractivity contribution < 1.29 is 4.79 Å². The second-order valence-electron chi connectivity index (χ2n) is 6.55. The van der Waals surface area contributed by atoms with Crippen molar-refractivity contribution in [1.29, 1.82) is 0 Å². The molecule has 1 aliphatic heterocycles. The summed E-state index contributed by atoms with van der Waals surface area (Å²) in [6, 6.07) is 0. The first-order valence-electron chi connectivity index (χ1n) is 8.25. The molecule has 0 radical (unpaired) electrons. The number of piperidine rings is 1. The molecule has 0 aliphatic carbocycles. The number of thiazole rings is 1. The van der Waals surface area contributed by atoms with Crippen LogP contribution in [0.1, 0.15) is 46.3 Å². The zero-order chi connectivity index (χ0) is 16.8. The highest BCUT2D eigenvalue weighted by atomic mass is 32.1. The summed E-state index contributed by atoms with van der Waals surface area (Å²) in [6.07, 6.45) is 5.53. The second-order valence-corrected chi connectivity index (χ2v) is 7.41. The van der Waals surface area contributed by atoms with Crippen LogP contribution in [0.3, 0.4) is 0 Å². The van der Waals surface area contributed by atoms with Gasteiger partial charge in [0.25, 0.3) is 5.91 Å². The lowest BCUT2D eigenvalue weighted by atomic mass is 9.95. The minimum Gasteiger partial charge on any atom is -0.338 e. The highest BCUT2D eigenvalue weighted by molar-refractivity contribution is 7.15. The first-order chi connectivity index (χ1) is 11.5. The van der Waals surface area contributed by atoms with Gasteiger partial charge in [0.1, 0.15) is 10.7 Å². The highest BCUT2D eigenvalue weighted by Gasteiger charge is 2.29. The van der Waals surface area contributed by atoms with Gasteiger partial charge < -0.3 is 4.90 Å². The van der Waals surface area contributed by atoms with Gasteiger partial charge in [-0.1, -0.05) is 0 Å². The zero-order valence-corrected chi connectivity index (χ0v) is 15.0. The van der Waals surface area contributed by atoms with Crippen LogP contribution >= 0.6 is 11.3 Å². The lowest BCUT2D eigenvalue weighted by Gasteiger charge is -2.31. The number of likely N-dealkylation sites (tertiary alicyclic amines) is 1. The molecular formula is C17H21N5OS. The summed E-state index contributed by atoms with van der Waals surface area (Å²) in [5.74, 6) is 1.41. The summed E-state index contributed by atoms with van der Waals surface area (Å²) in [5.41, 5.74) is 3.04. The molecule has 7 heteroatoms. The van der Waals surface area contributed by atoms with E-state index in [0.29, 0.717) is 11.5 Å². The van der Waals surface area contributed by atoms with Crippen molar-refractivity contribution in [1.82, 2.24) is 24.1 Å². The Balaban J connectivity index is 1.61. The molecule has 0 unspecified atom stereocenters. The van der Waals surface area contributed by atoms with Crippen molar-refractivity contribution in [3.8, 4) is 0 Å². The molecule has 0 spiro atoms. The lowest BCUT2D eigenvalue weighted by molar-refractivity contribution is 0.0706. The molecule has 0 saturated carbocycles. The fraction of sp³-hybridized carbons (Fsp3) is 0.471. The summed E-state index contributed by atoms with van der Waals surface area (Å²) in [4.78, 5) is 20.7. The summed E-state index contributed by atoms with van der Waals surface area (Å²) in [7, 11) is 1.83. The van der Waals surface area contributed by atoms with Crippen LogP contribution in [-0.4, -0.2) is 43.1 Å². The van der Waals surface area contributed by atoms with E-state index in [2.05, 4.69) is 28.7 Å². The quantitative estimate of drug-likeness (QED) is 0.719. The Morgan fingerprint density at radius 2 is 2.21 bits per heavy atom. The van der Waals surface area contributed by atoms with Gasteiger partial charge in [0.05, 0.1) is 17.5 Å². The van der Waals surface area contributed by atoms with Gasteiger partial charge in [0.15, 0.2) is 0 Å². The number of carbonyl (C=O) groups excluding carboxylic acids is 1. The fourth-order valence-electron chi connectivity index (χ4n) is 3.62. The molecule has 6 nitrogen and oxygen atoms in total. The molecule has 0 N–H and O–H groups in total. The number of hydrogen-bond donors (Lipinski definition) is 0. The molecule has 1 aliphatic rings. The van der Waals surface area contributed by atoms with Crippen LogP contribution in [0.4, 0.5) is 0 Å². The van der Waals surface area contributed by atoms with E-state index in [0.717, 1.165) is 37.4 Å². The third kappa shape index (κ3) is 2.43. The summed E-state index contributed by atoms with van der Waals surface area (Å²) in [5, 5.41) is 6.29. The summed E-state index contributed by atoms with van der Waals surface area (Å²) >= 11 is 1.75. The number of amides is 1. The van der Waals surface area contributed by atoms with Crippen LogP contribution in [-0.2, 0) is 7.05 Å². The first kappa shape index (κ1) is 15.4. The Morgan fingerprint density at radius 3 is 2.96 bits per heavy atom. The average molecular weight is 343 g/mol. The van der Waals surface area contributed by atoms with Crippen molar-refractivity contribution in [2.45, 2.75) is 32.6 Å². The van der Waals surface area contributed by atoms with Crippen molar-refractivity contribution in [3.63, 3.8) is 0 Å². The molecular weight excluding hydrogens is 322 g/mol. The normalized spacial score (nSPS) is 18.5. The van der Waals surface area contributed by atoms with Crippen LogP contribution in [0.25, 0.3) is 4.83 Å². The minimum absolute atomic E-state index is 0.0716. The van der Waals surface area contributed by atoms with Crippen LogP contribution in [0.5, 0.6) is 0 Å². The van der Waals surface area contributed by atoms with Crippen molar-refractivity contribution >= 4 is 22.1 Å². The largest absolute Gasteiger partial charge is 0.338 e. The van der Waals surface area contributed by atoms with E-state index >= 15 is 0 Å². The Bertz CT molecular complexity index is 906. The minimum atomic E-state index is 0.0716. The maximum atomic E-state index is 12.7. The molecule has 4 rings (SSSR count). The van der Waals surface area contributed by atoms with Crippen LogP contribution in [0.15, 0.2) is 17.8 Å². The summed E-state index contributed by atoms with van der Waals surface area (Å²) in [6.45, 7) is 5.71. The van der Waals surface area contributed by atoms with E-state index in [9.17, 15) is 4.79 Å². The van der Waals surface area contributed by atoms with Gasteiger partial charge in [-0.05, 0) is 26.7 Å². The molecule has 4 heterocycles. The van der Waals surface area contributed by atoms with Crippen LogP contribution < -0.4 is 0 Å². The molecule has 1 amide bonds. The maximum absolute atomic E-state index is 12.7. The average Bonchev–Trinajstić information content (AvgIpc) is 3.26. The van der Waals surface area contributed by atoms with E-state index in [1.165, 1.54) is 10.5 Å². The van der Waals surface area contributed by atoms with E-state index in [1.807, 2.05) is 11.9 Å². The maximum Gasteiger partial charge on any atom is 0.257 e. The topological polar surface area (TPSA) is 55.4 Å². The van der Waals surface area contributed by atoms with E-state index < -0.39 is 0 Å². The molecule has 1 saturated heterocycles. The number of imidazole rings is 1. The van der Waals surface area contributed by atoms with Gasteiger partial charge in [0, 0.05) is 43.3 Å². The molecule has 3 aromatic heterocycles. The molecule has 126 valence electrons. The first-order valence-corrected chi connectivity index (χ1v) is 9.13. The monoisotopic (exact) mass is 343 g/mol. The third-order valence-corrected chi connectivity index (χ3v) is 5.84. The van der Waals surface area contributed by atoms with Gasteiger partial charge in [-0.15, -0.1) is 11.3 Å². The molecule has 24 heavy (non-hydrogen) atoms. The summed E-state index contributed by atoms with van der Waals surface area (Å²) < 4.78 is 3.90. The van der Waals surface area contributed by atoms with Gasteiger partial charge in [-0.2, -0.15) is 5.10 Å². The number of aromatic nitrogens is 4. The van der Waals surface area contributed by atoms with E-state index in [1.54, 1.807) is 28.4 Å². The molecule has 0 aromatic carbocycles. The Labute approximate surface area is 144 Å². The van der Waals surface area contributed by atoms with Crippen LogP contribution in [0, 0.1) is 13.8 Å². The number of hydrogen-bond acceptors (Lipinski definition) is 4. The number of aryl methyl sites for hydroxylation is 3. The standard InChI is InChI=1S/C17H21N5OS/c1-11-10-24-17-15(19-12(2)22(11)17)13-5-4-6-21(9-13)16(23)14-7-18-20(3)8-14/h7-8,10,13H,4-6,9H2,1-3H3/t13-/m0/s1. The number of carbonyl (C=O) groups is 1. The van der Waals surface area contributed by atoms with Gasteiger partial charge in [-0.25, -0.2) is 4.98 Å². The van der Waals surface area contributed by atoms with Gasteiger partial charge in [-0.3, -0.25) is 13.9 Å². The Hall–Kier alpha value is -2.15. The number of nitrogens with zero attached hydrogens (tertiary/aromatic N) is 5.